The average Bonchev–Trinajstić information content (AvgIpc) is 2.63. The van der Waals surface area contributed by atoms with Gasteiger partial charge in [-0.1, -0.05) is 26.0 Å². The minimum Gasteiger partial charge on any atom is -0.385 e. The SMILES string of the molecule is CC(C)CN1C(=O)N=C(N)C1c1ccc(C(F)(F)F)cc1. The first-order valence-corrected chi connectivity index (χ1v) is 6.52. The number of amides is 2. The van der Waals surface area contributed by atoms with E-state index in [0.717, 1.165) is 12.1 Å². The largest absolute Gasteiger partial charge is 0.416 e. The summed E-state index contributed by atoms with van der Waals surface area (Å²) in [4.78, 5) is 17.0. The van der Waals surface area contributed by atoms with Crippen molar-refractivity contribution >= 4 is 11.9 Å². The number of nitrogens with zero attached hydrogens (tertiary/aromatic N) is 2. The molecule has 1 aromatic rings. The van der Waals surface area contributed by atoms with Gasteiger partial charge in [-0.15, -0.1) is 0 Å². The summed E-state index contributed by atoms with van der Waals surface area (Å²) in [6, 6.07) is 3.59. The van der Waals surface area contributed by atoms with E-state index in [-0.39, 0.29) is 11.8 Å². The first-order valence-electron chi connectivity index (χ1n) is 6.52. The van der Waals surface area contributed by atoms with Crippen molar-refractivity contribution in [3.8, 4) is 0 Å². The molecule has 2 amide bonds. The number of hydrogen-bond acceptors (Lipinski definition) is 2. The van der Waals surface area contributed by atoms with Gasteiger partial charge in [0.2, 0.25) is 0 Å². The number of aliphatic imine (C=N–C) groups is 1. The lowest BCUT2D eigenvalue weighted by atomic mass is 10.0. The molecule has 0 aromatic heterocycles. The molecule has 114 valence electrons. The van der Waals surface area contributed by atoms with Crippen molar-refractivity contribution in [2.45, 2.75) is 26.1 Å². The highest BCUT2D eigenvalue weighted by atomic mass is 19.4. The number of benzene rings is 1. The van der Waals surface area contributed by atoms with Crippen LogP contribution in [0.15, 0.2) is 29.3 Å². The number of rotatable bonds is 3. The van der Waals surface area contributed by atoms with Crippen LogP contribution in [0, 0.1) is 5.92 Å². The summed E-state index contributed by atoms with van der Waals surface area (Å²) in [5, 5.41) is 0. The summed E-state index contributed by atoms with van der Waals surface area (Å²) in [5.74, 6) is 0.312. The van der Waals surface area contributed by atoms with Crippen LogP contribution in [0.25, 0.3) is 0 Å². The van der Waals surface area contributed by atoms with E-state index >= 15 is 0 Å². The fourth-order valence-corrected chi connectivity index (χ4v) is 2.29. The van der Waals surface area contributed by atoms with Crippen LogP contribution in [0.4, 0.5) is 18.0 Å². The molecular formula is C14H16F3N3O. The van der Waals surface area contributed by atoms with E-state index < -0.39 is 23.8 Å². The zero-order chi connectivity index (χ0) is 15.8. The van der Waals surface area contributed by atoms with E-state index in [4.69, 9.17) is 5.73 Å². The second kappa shape index (κ2) is 5.38. The maximum atomic E-state index is 12.6. The molecule has 1 unspecified atom stereocenters. The van der Waals surface area contributed by atoms with E-state index in [1.807, 2.05) is 13.8 Å². The van der Waals surface area contributed by atoms with Crippen molar-refractivity contribution in [3.05, 3.63) is 35.4 Å². The predicted octanol–water partition coefficient (Wildman–Crippen LogP) is 3.20. The number of urea groups is 1. The van der Waals surface area contributed by atoms with Gasteiger partial charge in [0.25, 0.3) is 0 Å². The van der Waals surface area contributed by atoms with Gasteiger partial charge in [-0.2, -0.15) is 18.2 Å². The Kier molecular flexibility index (Phi) is 3.93. The molecule has 7 heteroatoms. The molecule has 4 nitrogen and oxygen atoms in total. The Morgan fingerprint density at radius 2 is 1.86 bits per heavy atom. The lowest BCUT2D eigenvalue weighted by Gasteiger charge is -2.26. The molecule has 2 rings (SSSR count). The number of nitrogens with two attached hydrogens (primary N) is 1. The van der Waals surface area contributed by atoms with Crippen molar-refractivity contribution in [3.63, 3.8) is 0 Å². The zero-order valence-electron chi connectivity index (χ0n) is 11.7. The first kappa shape index (κ1) is 15.3. The standard InChI is InChI=1S/C14H16F3N3O/c1-8(2)7-20-11(12(18)19-13(20)21)9-3-5-10(6-4-9)14(15,16)17/h3-6,8,11H,7H2,1-2H3,(H2,18,19,21). The van der Waals surface area contributed by atoms with Gasteiger partial charge in [-0.25, -0.2) is 4.79 Å². The van der Waals surface area contributed by atoms with E-state index in [9.17, 15) is 18.0 Å². The summed E-state index contributed by atoms with van der Waals surface area (Å²) >= 11 is 0. The maximum Gasteiger partial charge on any atom is 0.416 e. The smallest absolute Gasteiger partial charge is 0.385 e. The molecule has 0 saturated carbocycles. The Bertz CT molecular complexity index is 564. The van der Waals surface area contributed by atoms with Crippen LogP contribution >= 0.6 is 0 Å². The summed E-state index contributed by atoms with van der Waals surface area (Å²) in [5.41, 5.74) is 5.55. The van der Waals surface area contributed by atoms with E-state index in [1.165, 1.54) is 17.0 Å². The molecule has 0 aliphatic carbocycles. The molecule has 1 atom stereocenters. The fraction of sp³-hybridized carbons (Fsp3) is 0.429. The number of halogens is 3. The van der Waals surface area contributed by atoms with Crippen LogP contribution in [0.1, 0.15) is 31.0 Å². The Morgan fingerprint density at radius 1 is 1.29 bits per heavy atom. The molecule has 0 fully saturated rings. The molecule has 0 bridgehead atoms. The van der Waals surface area contributed by atoms with Crippen LogP contribution in [0.2, 0.25) is 0 Å². The van der Waals surface area contributed by atoms with Crippen LogP contribution in [-0.4, -0.2) is 23.3 Å². The molecule has 0 spiro atoms. The number of hydrogen-bond donors (Lipinski definition) is 1. The highest BCUT2D eigenvalue weighted by Crippen LogP contribution is 2.32. The number of carbonyl (C=O) groups is 1. The zero-order valence-corrected chi connectivity index (χ0v) is 11.7. The normalized spacial score (nSPS) is 19.3. The topological polar surface area (TPSA) is 58.7 Å². The lowest BCUT2D eigenvalue weighted by Crippen LogP contribution is -2.35. The molecule has 1 aliphatic heterocycles. The van der Waals surface area contributed by atoms with Crippen molar-refractivity contribution in [1.82, 2.24) is 4.90 Å². The van der Waals surface area contributed by atoms with Gasteiger partial charge in [0.1, 0.15) is 11.9 Å². The van der Waals surface area contributed by atoms with Crippen LogP contribution in [-0.2, 0) is 6.18 Å². The van der Waals surface area contributed by atoms with Crippen molar-refractivity contribution < 1.29 is 18.0 Å². The van der Waals surface area contributed by atoms with Crippen molar-refractivity contribution in [2.75, 3.05) is 6.54 Å². The quantitative estimate of drug-likeness (QED) is 0.931. The van der Waals surface area contributed by atoms with E-state index in [1.54, 1.807) is 0 Å². The van der Waals surface area contributed by atoms with E-state index in [2.05, 4.69) is 4.99 Å². The summed E-state index contributed by atoms with van der Waals surface area (Å²) in [6.45, 7) is 4.31. The summed E-state index contributed by atoms with van der Waals surface area (Å²) < 4.78 is 37.7. The predicted molar refractivity (Wildman–Crippen MR) is 72.7 cm³/mol. The third-order valence-electron chi connectivity index (χ3n) is 3.18. The Labute approximate surface area is 120 Å². The van der Waals surface area contributed by atoms with Crippen LogP contribution in [0.3, 0.4) is 0 Å². The third-order valence-corrected chi connectivity index (χ3v) is 3.18. The van der Waals surface area contributed by atoms with Gasteiger partial charge in [0.15, 0.2) is 0 Å². The molecule has 1 heterocycles. The summed E-state index contributed by atoms with van der Waals surface area (Å²) in [7, 11) is 0. The monoisotopic (exact) mass is 299 g/mol. The minimum atomic E-state index is -4.39. The summed E-state index contributed by atoms with van der Waals surface area (Å²) in [6.07, 6.45) is -4.39. The molecule has 2 N–H and O–H groups in total. The number of amidine groups is 1. The minimum absolute atomic E-state index is 0.111. The highest BCUT2D eigenvalue weighted by molar-refractivity contribution is 6.03. The van der Waals surface area contributed by atoms with E-state index in [0.29, 0.717) is 12.1 Å². The number of alkyl halides is 3. The maximum absolute atomic E-state index is 12.6. The van der Waals surface area contributed by atoms with Crippen LogP contribution < -0.4 is 5.73 Å². The molecule has 21 heavy (non-hydrogen) atoms. The Balaban J connectivity index is 2.30. The second-order valence-electron chi connectivity index (χ2n) is 5.39. The van der Waals surface area contributed by atoms with Gasteiger partial charge in [0, 0.05) is 6.54 Å². The Morgan fingerprint density at radius 3 is 2.33 bits per heavy atom. The third kappa shape index (κ3) is 3.17. The first-order chi connectivity index (χ1) is 9.70. The van der Waals surface area contributed by atoms with Crippen molar-refractivity contribution in [2.24, 2.45) is 16.6 Å². The molecule has 1 aromatic carbocycles. The molecular weight excluding hydrogens is 283 g/mol. The van der Waals surface area contributed by atoms with Crippen molar-refractivity contribution in [1.29, 1.82) is 0 Å². The van der Waals surface area contributed by atoms with Crippen LogP contribution in [0.5, 0.6) is 0 Å². The Hall–Kier alpha value is -2.05. The number of carbonyl (C=O) groups excluding carboxylic acids is 1. The molecule has 1 aliphatic rings. The van der Waals surface area contributed by atoms with Gasteiger partial charge >= 0.3 is 12.2 Å². The highest BCUT2D eigenvalue weighted by Gasteiger charge is 2.36. The molecule has 0 radical (unpaired) electrons. The van der Waals surface area contributed by atoms with Gasteiger partial charge < -0.3 is 10.6 Å². The van der Waals surface area contributed by atoms with Gasteiger partial charge in [0.05, 0.1) is 5.56 Å². The molecule has 0 saturated heterocycles. The average molecular weight is 299 g/mol. The fourth-order valence-electron chi connectivity index (χ4n) is 2.29. The van der Waals surface area contributed by atoms with Gasteiger partial charge in [-0.3, -0.25) is 0 Å². The second-order valence-corrected chi connectivity index (χ2v) is 5.39. The van der Waals surface area contributed by atoms with Gasteiger partial charge in [-0.05, 0) is 23.6 Å². The lowest BCUT2D eigenvalue weighted by molar-refractivity contribution is -0.137.